The molecular weight excluding hydrogens is 561 g/mol. The number of anilines is 1. The molecule has 3 heterocycles. The van der Waals surface area contributed by atoms with Crippen LogP contribution in [0.15, 0.2) is 52.9 Å². The molecule has 0 aliphatic carbocycles. The number of fused-ring (bicyclic) bond motifs is 1. The number of ketones is 1. The monoisotopic (exact) mass is 585 g/mol. The van der Waals surface area contributed by atoms with Gasteiger partial charge in [-0.3, -0.25) is 4.79 Å². The topological polar surface area (TPSA) is 84.7 Å². The number of nitrogens with zero attached hydrogens (tertiary/aromatic N) is 2. The molecule has 5 rings (SSSR count). The number of ether oxygens (including phenoxy) is 1. The van der Waals surface area contributed by atoms with Gasteiger partial charge in [-0.1, -0.05) is 67.7 Å². The van der Waals surface area contributed by atoms with Gasteiger partial charge in [0.05, 0.1) is 29.3 Å². The van der Waals surface area contributed by atoms with Gasteiger partial charge in [-0.25, -0.2) is 9.78 Å². The van der Waals surface area contributed by atoms with Crippen LogP contribution in [0.3, 0.4) is 0 Å². The summed E-state index contributed by atoms with van der Waals surface area (Å²) in [4.78, 5) is 33.2. The predicted octanol–water partition coefficient (Wildman–Crippen LogP) is 8.21. The maximum Gasteiger partial charge on any atom is 0.322 e. The number of urea groups is 1. The molecule has 1 aliphatic rings. The van der Waals surface area contributed by atoms with Gasteiger partial charge in [0.2, 0.25) is 11.5 Å². The summed E-state index contributed by atoms with van der Waals surface area (Å²) in [6.07, 6.45) is 0. The van der Waals surface area contributed by atoms with Crippen LogP contribution in [0.25, 0.3) is 33.5 Å². The first-order valence-corrected chi connectivity index (χ1v) is 13.5. The third kappa shape index (κ3) is 5.63. The second-order valence-electron chi connectivity index (χ2n) is 10.3. The smallest absolute Gasteiger partial charge is 0.322 e. The molecular formula is C29H26Cl3N3O4. The highest BCUT2D eigenvalue weighted by Crippen LogP contribution is 2.42. The van der Waals surface area contributed by atoms with Crippen molar-refractivity contribution in [3.63, 3.8) is 0 Å². The van der Waals surface area contributed by atoms with E-state index in [2.05, 4.69) is 5.32 Å². The number of hydrogen-bond donors (Lipinski definition) is 1. The van der Waals surface area contributed by atoms with Gasteiger partial charge in [0, 0.05) is 39.7 Å². The Bertz CT molecular complexity index is 1570. The highest BCUT2D eigenvalue weighted by atomic mass is 35.5. The van der Waals surface area contributed by atoms with Crippen molar-refractivity contribution >= 4 is 63.4 Å². The summed E-state index contributed by atoms with van der Waals surface area (Å²) in [6.45, 7) is 7.15. The van der Waals surface area contributed by atoms with Gasteiger partial charge >= 0.3 is 6.03 Å². The number of furan rings is 1. The standard InChI is InChI=1S/C29H26Cl3N3O4/c1-29(2,3)26(36)25-24(34-28(37)35-10-12-38-13-11-35)21-15-20(16-4-6-17(30)7-5-16)23(33-27(21)39-25)19-9-8-18(31)14-22(19)32/h4-9,14-15H,10-13H2,1-3H3,(H,34,37). The van der Waals surface area contributed by atoms with E-state index >= 15 is 0 Å². The zero-order valence-electron chi connectivity index (χ0n) is 21.6. The second kappa shape index (κ2) is 10.8. The number of rotatable bonds is 4. The van der Waals surface area contributed by atoms with E-state index in [0.29, 0.717) is 63.6 Å². The first-order chi connectivity index (χ1) is 18.5. The molecule has 1 N–H and O–H groups in total. The Morgan fingerprint density at radius 1 is 0.923 bits per heavy atom. The molecule has 4 aromatic rings. The average molecular weight is 587 g/mol. The van der Waals surface area contributed by atoms with Crippen LogP contribution in [0.4, 0.5) is 10.5 Å². The van der Waals surface area contributed by atoms with Crippen LogP contribution in [0.1, 0.15) is 31.3 Å². The number of carbonyl (C=O) groups excluding carboxylic acids is 2. The van der Waals surface area contributed by atoms with Crippen molar-refractivity contribution in [2.24, 2.45) is 5.41 Å². The number of pyridine rings is 1. The van der Waals surface area contributed by atoms with Crippen LogP contribution in [0, 0.1) is 5.41 Å². The fraction of sp³-hybridized carbons (Fsp3) is 0.276. The quantitative estimate of drug-likeness (QED) is 0.244. The van der Waals surface area contributed by atoms with E-state index in [1.165, 1.54) is 0 Å². The molecule has 0 saturated carbocycles. The van der Waals surface area contributed by atoms with Crippen molar-refractivity contribution in [1.29, 1.82) is 0 Å². The molecule has 1 saturated heterocycles. The fourth-order valence-electron chi connectivity index (χ4n) is 4.34. The van der Waals surface area contributed by atoms with E-state index in [1.807, 2.05) is 18.2 Å². The third-order valence-corrected chi connectivity index (χ3v) is 7.24. The van der Waals surface area contributed by atoms with Gasteiger partial charge in [-0.05, 0) is 42.0 Å². The lowest BCUT2D eigenvalue weighted by molar-refractivity contribution is 0.0564. The lowest BCUT2D eigenvalue weighted by Gasteiger charge is -2.27. The number of Topliss-reactive ketones (excluding diaryl/α,β-unsaturated/α-hetero) is 1. The lowest BCUT2D eigenvalue weighted by Crippen LogP contribution is -2.43. The molecule has 7 nitrogen and oxygen atoms in total. The Morgan fingerprint density at radius 3 is 2.23 bits per heavy atom. The first-order valence-electron chi connectivity index (χ1n) is 12.4. The predicted molar refractivity (Wildman–Crippen MR) is 155 cm³/mol. The normalized spacial score (nSPS) is 14.1. The molecule has 2 aromatic heterocycles. The maximum atomic E-state index is 13.5. The zero-order chi connectivity index (χ0) is 27.9. The van der Waals surface area contributed by atoms with Gasteiger partial charge in [0.1, 0.15) is 5.69 Å². The highest BCUT2D eigenvalue weighted by Gasteiger charge is 2.33. The highest BCUT2D eigenvalue weighted by molar-refractivity contribution is 6.36. The Balaban J connectivity index is 1.75. The summed E-state index contributed by atoms with van der Waals surface area (Å²) in [5.41, 5.74) is 2.38. The van der Waals surface area contributed by atoms with Crippen molar-refractivity contribution < 1.29 is 18.7 Å². The number of benzene rings is 2. The summed E-state index contributed by atoms with van der Waals surface area (Å²) in [5, 5.41) is 4.90. The number of hydrogen-bond acceptors (Lipinski definition) is 5. The van der Waals surface area contributed by atoms with Crippen molar-refractivity contribution in [3.05, 3.63) is 69.4 Å². The summed E-state index contributed by atoms with van der Waals surface area (Å²) in [6, 6.07) is 13.9. The molecule has 1 aliphatic heterocycles. The van der Waals surface area contributed by atoms with Crippen molar-refractivity contribution in [2.45, 2.75) is 20.8 Å². The van der Waals surface area contributed by atoms with E-state index in [0.717, 1.165) is 5.56 Å². The number of aromatic nitrogens is 1. The Hall–Kier alpha value is -3.10. The summed E-state index contributed by atoms with van der Waals surface area (Å²) >= 11 is 18.9. The van der Waals surface area contributed by atoms with Gasteiger partial charge in [0.15, 0.2) is 5.76 Å². The van der Waals surface area contributed by atoms with E-state index in [-0.39, 0.29) is 29.0 Å². The van der Waals surface area contributed by atoms with Gasteiger partial charge in [-0.15, -0.1) is 0 Å². The molecule has 202 valence electrons. The van der Waals surface area contributed by atoms with Crippen LogP contribution < -0.4 is 5.32 Å². The number of morpholine rings is 1. The van der Waals surface area contributed by atoms with Crippen LogP contribution >= 0.6 is 34.8 Å². The third-order valence-electron chi connectivity index (χ3n) is 6.44. The lowest BCUT2D eigenvalue weighted by atomic mass is 9.89. The summed E-state index contributed by atoms with van der Waals surface area (Å²) in [5.74, 6) is -0.232. The molecule has 2 aromatic carbocycles. The summed E-state index contributed by atoms with van der Waals surface area (Å²) in [7, 11) is 0. The first kappa shape index (κ1) is 27.5. The minimum Gasteiger partial charge on any atom is -0.432 e. The Morgan fingerprint density at radius 2 is 1.59 bits per heavy atom. The molecule has 0 unspecified atom stereocenters. The summed E-state index contributed by atoms with van der Waals surface area (Å²) < 4.78 is 11.5. The molecule has 0 bridgehead atoms. The average Bonchev–Trinajstić information content (AvgIpc) is 3.25. The number of amides is 2. The Kier molecular flexibility index (Phi) is 7.62. The van der Waals surface area contributed by atoms with Crippen LogP contribution in [0.5, 0.6) is 0 Å². The van der Waals surface area contributed by atoms with E-state index < -0.39 is 5.41 Å². The van der Waals surface area contributed by atoms with Crippen molar-refractivity contribution in [1.82, 2.24) is 9.88 Å². The molecule has 0 radical (unpaired) electrons. The van der Waals surface area contributed by atoms with Gasteiger partial charge in [-0.2, -0.15) is 0 Å². The van der Waals surface area contributed by atoms with E-state index in [4.69, 9.17) is 48.9 Å². The van der Waals surface area contributed by atoms with Crippen LogP contribution in [0.2, 0.25) is 15.1 Å². The molecule has 2 amide bonds. The van der Waals surface area contributed by atoms with Gasteiger partial charge < -0.3 is 19.4 Å². The van der Waals surface area contributed by atoms with Crippen LogP contribution in [-0.2, 0) is 4.74 Å². The number of halogens is 3. The molecule has 0 spiro atoms. The van der Waals surface area contributed by atoms with Crippen molar-refractivity contribution in [3.8, 4) is 22.4 Å². The number of carbonyl (C=O) groups is 2. The molecule has 10 heteroatoms. The minimum absolute atomic E-state index is 0.0352. The maximum absolute atomic E-state index is 13.5. The second-order valence-corrected chi connectivity index (χ2v) is 11.6. The van der Waals surface area contributed by atoms with Crippen molar-refractivity contribution in [2.75, 3.05) is 31.6 Å². The molecule has 0 atom stereocenters. The van der Waals surface area contributed by atoms with Gasteiger partial charge in [0.25, 0.3) is 0 Å². The van der Waals surface area contributed by atoms with E-state index in [1.54, 1.807) is 56.0 Å². The molecule has 39 heavy (non-hydrogen) atoms. The SMILES string of the molecule is CC(C)(C)C(=O)c1oc2nc(-c3ccc(Cl)cc3Cl)c(-c3ccc(Cl)cc3)cc2c1NC(=O)N1CCOCC1. The molecule has 1 fully saturated rings. The van der Waals surface area contributed by atoms with Crippen LogP contribution in [-0.4, -0.2) is 48.0 Å². The largest absolute Gasteiger partial charge is 0.432 e. The fourth-order valence-corrected chi connectivity index (χ4v) is 4.96. The Labute approximate surface area is 241 Å². The minimum atomic E-state index is -0.770. The van der Waals surface area contributed by atoms with E-state index in [9.17, 15) is 9.59 Å². The number of nitrogens with one attached hydrogen (secondary N) is 1. The zero-order valence-corrected chi connectivity index (χ0v) is 23.9.